The van der Waals surface area contributed by atoms with E-state index in [1.165, 1.54) is 0 Å². The second kappa shape index (κ2) is 8.11. The van der Waals surface area contributed by atoms with Crippen LogP contribution in [-0.4, -0.2) is 75.5 Å². The van der Waals surface area contributed by atoms with Crippen molar-refractivity contribution in [3.05, 3.63) is 24.3 Å². The van der Waals surface area contributed by atoms with Crippen LogP contribution in [0, 0.1) is 0 Å². The largest absolute Gasteiger partial charge is 0.378 e. The lowest BCUT2D eigenvalue weighted by Crippen LogP contribution is -2.48. The number of hydrogen-bond donors (Lipinski definition) is 2. The van der Waals surface area contributed by atoms with Crippen LogP contribution in [0.5, 0.6) is 0 Å². The molecule has 1 aromatic rings. The van der Waals surface area contributed by atoms with Gasteiger partial charge in [-0.1, -0.05) is 0 Å². The quantitative estimate of drug-likeness (QED) is 0.579. The summed E-state index contributed by atoms with van der Waals surface area (Å²) < 4.78 is 24.9. The van der Waals surface area contributed by atoms with Gasteiger partial charge in [-0.3, -0.25) is 9.80 Å². The monoisotopic (exact) mass is 375 g/mol. The summed E-state index contributed by atoms with van der Waals surface area (Å²) in [5.41, 5.74) is 0.994. The average Bonchev–Trinajstić information content (AvgIpc) is 2.53. The molecule has 2 rings (SSSR count). The Bertz CT molecular complexity index is 595. The van der Waals surface area contributed by atoms with Gasteiger partial charge in [0, 0.05) is 52.5 Å². The highest BCUT2D eigenvalue weighted by atomic mass is 32.2. The van der Waals surface area contributed by atoms with Gasteiger partial charge >= 0.3 is 0 Å². The molecular weight excluding hydrogens is 350 g/mol. The van der Waals surface area contributed by atoms with E-state index in [0.717, 1.165) is 31.9 Å². The van der Waals surface area contributed by atoms with Crippen molar-refractivity contribution in [2.75, 3.05) is 57.5 Å². The van der Waals surface area contributed by atoms with Gasteiger partial charge in [0.1, 0.15) is 0 Å². The van der Waals surface area contributed by atoms with Gasteiger partial charge in [-0.2, -0.15) is 0 Å². The molecule has 0 aromatic heterocycles. The first kappa shape index (κ1) is 18.9. The first-order valence-electron chi connectivity index (χ1n) is 7.62. The van der Waals surface area contributed by atoms with Crippen LogP contribution in [0.25, 0.3) is 0 Å². The summed E-state index contributed by atoms with van der Waals surface area (Å²) in [6.07, 6.45) is 0. The summed E-state index contributed by atoms with van der Waals surface area (Å²) in [6, 6.07) is 7.06. The molecule has 8 heteroatoms. The minimum absolute atomic E-state index is 0.0453. The number of anilines is 1. The van der Waals surface area contributed by atoms with E-state index in [1.807, 2.05) is 31.1 Å². The number of nitrogens with zero attached hydrogens (tertiary/aromatic N) is 3. The van der Waals surface area contributed by atoms with Crippen molar-refractivity contribution in [1.29, 1.82) is 0 Å². The second-order valence-electron chi connectivity index (χ2n) is 5.93. The average molecular weight is 376 g/mol. The highest BCUT2D eigenvalue weighted by molar-refractivity contribution is 7.99. The topological polar surface area (TPSA) is 43.9 Å². The van der Waals surface area contributed by atoms with Crippen molar-refractivity contribution in [1.82, 2.24) is 9.80 Å². The molecule has 1 saturated heterocycles. The molecule has 0 N–H and O–H groups in total. The van der Waals surface area contributed by atoms with Gasteiger partial charge in [-0.05, 0) is 24.3 Å². The lowest BCUT2D eigenvalue weighted by atomic mass is 10.3. The van der Waals surface area contributed by atoms with Crippen molar-refractivity contribution in [3.8, 4) is 0 Å². The molecule has 0 unspecified atom stereocenters. The number of piperazine rings is 1. The fourth-order valence-corrected chi connectivity index (χ4v) is 4.28. The molecule has 1 heterocycles. The number of benzene rings is 1. The molecule has 0 bridgehead atoms. The minimum Gasteiger partial charge on any atom is -0.378 e. The molecule has 0 atom stereocenters. The first-order valence-corrected chi connectivity index (χ1v) is 10.3. The minimum atomic E-state index is -3.24. The van der Waals surface area contributed by atoms with Crippen LogP contribution in [-0.2, 0) is 9.84 Å². The van der Waals surface area contributed by atoms with E-state index in [4.69, 9.17) is 0 Å². The molecular formula is C15H25N3O2S3. The molecule has 0 aliphatic carbocycles. The van der Waals surface area contributed by atoms with Crippen LogP contribution >= 0.6 is 25.3 Å². The Morgan fingerprint density at radius 2 is 1.65 bits per heavy atom. The van der Waals surface area contributed by atoms with E-state index in [0.29, 0.717) is 11.4 Å². The number of hydrogen-bond acceptors (Lipinski definition) is 7. The number of thiol groups is 2. The van der Waals surface area contributed by atoms with Gasteiger partial charge in [-0.25, -0.2) is 8.42 Å². The Balaban J connectivity index is 1.89. The van der Waals surface area contributed by atoms with E-state index in [1.54, 1.807) is 12.1 Å². The molecule has 23 heavy (non-hydrogen) atoms. The van der Waals surface area contributed by atoms with Crippen molar-refractivity contribution >= 4 is 40.8 Å². The smallest absolute Gasteiger partial charge is 0.179 e. The lowest BCUT2D eigenvalue weighted by molar-refractivity contribution is 0.149. The fraction of sp³-hybridized carbons (Fsp3) is 0.600. The van der Waals surface area contributed by atoms with Gasteiger partial charge in [0.2, 0.25) is 0 Å². The Labute approximate surface area is 150 Å². The molecule has 1 aromatic carbocycles. The first-order chi connectivity index (χ1) is 10.8. The predicted molar refractivity (Wildman–Crippen MR) is 103 cm³/mol. The Morgan fingerprint density at radius 3 is 2.13 bits per heavy atom. The maximum Gasteiger partial charge on any atom is 0.179 e. The van der Waals surface area contributed by atoms with E-state index >= 15 is 0 Å². The molecule has 0 saturated carbocycles. The van der Waals surface area contributed by atoms with Crippen molar-refractivity contribution in [2.24, 2.45) is 0 Å². The van der Waals surface area contributed by atoms with Crippen molar-refractivity contribution in [3.63, 3.8) is 0 Å². The molecule has 0 amide bonds. The summed E-state index contributed by atoms with van der Waals surface area (Å²) in [6.45, 7) is 4.01. The molecule has 0 spiro atoms. The maximum absolute atomic E-state index is 12.5. The Kier molecular flexibility index (Phi) is 6.67. The zero-order chi connectivity index (χ0) is 17.0. The van der Waals surface area contributed by atoms with Crippen LogP contribution in [0.4, 0.5) is 5.69 Å². The lowest BCUT2D eigenvalue weighted by Gasteiger charge is -2.35. The van der Waals surface area contributed by atoms with Crippen molar-refractivity contribution in [2.45, 2.75) is 9.60 Å². The molecule has 0 radical (unpaired) electrons. The molecule has 5 nitrogen and oxygen atoms in total. The third kappa shape index (κ3) is 5.29. The Hall–Kier alpha value is -0.410. The summed E-state index contributed by atoms with van der Waals surface area (Å²) in [4.78, 5) is 6.70. The predicted octanol–water partition coefficient (Wildman–Crippen LogP) is 1.29. The normalized spacial score (nSPS) is 17.6. The third-order valence-corrected chi connectivity index (χ3v) is 6.49. The van der Waals surface area contributed by atoms with Gasteiger partial charge in [0.25, 0.3) is 0 Å². The zero-order valence-corrected chi connectivity index (χ0v) is 16.2. The zero-order valence-electron chi connectivity index (χ0n) is 13.6. The Morgan fingerprint density at radius 1 is 1.09 bits per heavy atom. The van der Waals surface area contributed by atoms with Crippen molar-refractivity contribution < 1.29 is 8.42 Å². The second-order valence-corrected chi connectivity index (χ2v) is 9.43. The fourth-order valence-electron chi connectivity index (χ4n) is 2.54. The molecule has 1 fully saturated rings. The highest BCUT2D eigenvalue weighted by Crippen LogP contribution is 2.18. The van der Waals surface area contributed by atoms with E-state index in [9.17, 15) is 8.42 Å². The highest BCUT2D eigenvalue weighted by Gasteiger charge is 2.22. The van der Waals surface area contributed by atoms with E-state index in [-0.39, 0.29) is 10.5 Å². The SMILES string of the molecule is CN(C)c1ccc(S(=O)(=O)CCN2CCN(C(S)S)CC2)cc1. The summed E-state index contributed by atoms with van der Waals surface area (Å²) in [5.74, 6) is 0.152. The van der Waals surface area contributed by atoms with Crippen LogP contribution in [0.1, 0.15) is 0 Å². The van der Waals surface area contributed by atoms with E-state index < -0.39 is 9.84 Å². The third-order valence-electron chi connectivity index (χ3n) is 4.12. The van der Waals surface area contributed by atoms with Crippen LogP contribution in [0.2, 0.25) is 0 Å². The van der Waals surface area contributed by atoms with Crippen LogP contribution in [0.15, 0.2) is 29.2 Å². The standard InChI is InChI=1S/C15H25N3O2S3/c1-16(2)13-3-5-14(6-4-13)23(19,20)12-11-17-7-9-18(10-8-17)15(21)22/h3-6,15,21-22H,7-12H2,1-2H3. The molecule has 1 aliphatic rings. The molecule has 1 aliphatic heterocycles. The maximum atomic E-state index is 12.5. The van der Waals surface area contributed by atoms with Crippen LogP contribution < -0.4 is 4.90 Å². The van der Waals surface area contributed by atoms with Gasteiger partial charge < -0.3 is 4.90 Å². The number of sulfone groups is 1. The summed E-state index contributed by atoms with van der Waals surface area (Å²) >= 11 is 8.62. The van der Waals surface area contributed by atoms with Gasteiger partial charge in [0.05, 0.1) is 15.4 Å². The summed E-state index contributed by atoms with van der Waals surface area (Å²) in [7, 11) is 0.632. The summed E-state index contributed by atoms with van der Waals surface area (Å²) in [5, 5.41) is 0. The van der Waals surface area contributed by atoms with Gasteiger partial charge in [-0.15, -0.1) is 25.3 Å². The molecule has 130 valence electrons. The van der Waals surface area contributed by atoms with Crippen LogP contribution in [0.3, 0.4) is 0 Å². The van der Waals surface area contributed by atoms with E-state index in [2.05, 4.69) is 35.1 Å². The number of rotatable bonds is 6. The van der Waals surface area contributed by atoms with Gasteiger partial charge in [0.15, 0.2) is 9.84 Å².